The minimum absolute atomic E-state index is 0.0124. The first-order valence-corrected chi connectivity index (χ1v) is 13.4. The molecule has 1 fully saturated rings. The molecule has 1 amide bonds. The molecule has 0 aliphatic carbocycles. The lowest BCUT2D eigenvalue weighted by Gasteiger charge is -2.34. The number of carbonyl (C=O) groups is 1. The van der Waals surface area contributed by atoms with Crippen LogP contribution in [0.2, 0.25) is 0 Å². The number of hydrogen-bond donors (Lipinski definition) is 0. The molecule has 5 aromatic rings. The van der Waals surface area contributed by atoms with Gasteiger partial charge in [0, 0.05) is 17.7 Å². The van der Waals surface area contributed by atoms with Gasteiger partial charge in [-0.3, -0.25) is 4.79 Å². The van der Waals surface area contributed by atoms with Gasteiger partial charge in [0.05, 0.1) is 6.04 Å². The molecular formula is C34H30N2O3. The Bertz CT molecular complexity index is 1530. The van der Waals surface area contributed by atoms with Crippen molar-refractivity contribution in [2.45, 2.75) is 31.9 Å². The van der Waals surface area contributed by atoms with E-state index in [1.807, 2.05) is 89.8 Å². The topological polar surface area (TPSA) is 55.6 Å². The van der Waals surface area contributed by atoms with Gasteiger partial charge in [0.25, 0.3) is 5.91 Å². The van der Waals surface area contributed by atoms with Gasteiger partial charge in [0.15, 0.2) is 0 Å². The summed E-state index contributed by atoms with van der Waals surface area (Å²) in [6, 6.07) is 35.8. The molecule has 0 N–H and O–H groups in total. The molecule has 0 spiro atoms. The predicted octanol–water partition coefficient (Wildman–Crippen LogP) is 7.96. The number of carbonyl (C=O) groups excluding carboxylic acids is 1. The molecule has 1 atom stereocenters. The molecule has 0 saturated carbocycles. The van der Waals surface area contributed by atoms with Crippen molar-refractivity contribution in [3.8, 4) is 28.3 Å². The molecule has 0 bridgehead atoms. The van der Waals surface area contributed by atoms with Crippen LogP contribution in [0.3, 0.4) is 0 Å². The van der Waals surface area contributed by atoms with Crippen LogP contribution in [0, 0.1) is 0 Å². The van der Waals surface area contributed by atoms with Crippen LogP contribution in [-0.2, 0) is 6.61 Å². The van der Waals surface area contributed by atoms with Crippen LogP contribution in [0.15, 0.2) is 120 Å². The highest BCUT2D eigenvalue weighted by molar-refractivity contribution is 5.95. The van der Waals surface area contributed by atoms with E-state index in [1.165, 1.54) is 5.56 Å². The van der Waals surface area contributed by atoms with Crippen LogP contribution in [0.4, 0.5) is 0 Å². The normalized spacial score (nSPS) is 15.2. The van der Waals surface area contributed by atoms with Crippen LogP contribution < -0.4 is 4.74 Å². The quantitative estimate of drug-likeness (QED) is 0.221. The molecule has 0 radical (unpaired) electrons. The maximum Gasteiger partial charge on any atom is 0.254 e. The van der Waals surface area contributed by atoms with Crippen LogP contribution in [0.25, 0.3) is 22.6 Å². The lowest BCUT2D eigenvalue weighted by molar-refractivity contribution is 0.0605. The molecule has 6 rings (SSSR count). The number of aromatic nitrogens is 1. The first-order valence-electron chi connectivity index (χ1n) is 13.4. The summed E-state index contributed by atoms with van der Waals surface area (Å²) in [6.07, 6.45) is 4.58. The highest BCUT2D eigenvalue weighted by atomic mass is 16.5. The molecule has 1 unspecified atom stereocenters. The number of amides is 1. The van der Waals surface area contributed by atoms with Crippen LogP contribution in [0.5, 0.6) is 5.75 Å². The average Bonchev–Trinajstić information content (AvgIpc) is 3.51. The number of hydrogen-bond acceptors (Lipinski definition) is 4. The SMILES string of the molecule is O=C(c1cccc(OCc2ccccc2)c1)N1CCCCC1c1coc(-c2ccc(-c3ccccc3)cc2)n1. The van der Waals surface area contributed by atoms with E-state index in [4.69, 9.17) is 14.1 Å². The lowest BCUT2D eigenvalue weighted by atomic mass is 9.98. The van der Waals surface area contributed by atoms with Gasteiger partial charge in [0.1, 0.15) is 24.3 Å². The Hall–Kier alpha value is -4.64. The summed E-state index contributed by atoms with van der Waals surface area (Å²) in [7, 11) is 0. The smallest absolute Gasteiger partial charge is 0.254 e. The first kappa shape index (κ1) is 24.7. The van der Waals surface area contributed by atoms with Crippen molar-refractivity contribution >= 4 is 5.91 Å². The van der Waals surface area contributed by atoms with Crippen molar-refractivity contribution in [2.75, 3.05) is 6.54 Å². The molecule has 1 aromatic heterocycles. The van der Waals surface area contributed by atoms with Gasteiger partial charge >= 0.3 is 0 Å². The van der Waals surface area contributed by atoms with Crippen molar-refractivity contribution in [3.05, 3.63) is 132 Å². The van der Waals surface area contributed by atoms with E-state index in [0.29, 0.717) is 30.4 Å². The number of ether oxygens (including phenoxy) is 1. The Balaban J connectivity index is 1.18. The average molecular weight is 515 g/mol. The Labute approximate surface area is 228 Å². The van der Waals surface area contributed by atoms with E-state index in [1.54, 1.807) is 6.26 Å². The Kier molecular flexibility index (Phi) is 7.21. The Morgan fingerprint density at radius 3 is 2.33 bits per heavy atom. The summed E-state index contributed by atoms with van der Waals surface area (Å²) in [5.41, 5.74) is 5.72. The van der Waals surface area contributed by atoms with E-state index in [2.05, 4.69) is 24.3 Å². The predicted molar refractivity (Wildman–Crippen MR) is 152 cm³/mol. The summed E-state index contributed by atoms with van der Waals surface area (Å²) in [4.78, 5) is 20.4. The van der Waals surface area contributed by atoms with Gasteiger partial charge in [-0.2, -0.15) is 0 Å². The highest BCUT2D eigenvalue weighted by Crippen LogP contribution is 2.34. The van der Waals surface area contributed by atoms with Crippen molar-refractivity contribution in [2.24, 2.45) is 0 Å². The van der Waals surface area contributed by atoms with Crippen LogP contribution in [-0.4, -0.2) is 22.3 Å². The summed E-state index contributed by atoms with van der Waals surface area (Å²) in [5.74, 6) is 1.24. The van der Waals surface area contributed by atoms with Gasteiger partial charge < -0.3 is 14.1 Å². The van der Waals surface area contributed by atoms with Gasteiger partial charge in [-0.1, -0.05) is 78.9 Å². The van der Waals surface area contributed by atoms with Crippen LogP contribution in [0.1, 0.15) is 46.9 Å². The molecule has 1 aliphatic rings. The summed E-state index contributed by atoms with van der Waals surface area (Å²) in [5, 5.41) is 0. The zero-order valence-corrected chi connectivity index (χ0v) is 21.7. The third-order valence-corrected chi connectivity index (χ3v) is 7.20. The molecule has 1 aliphatic heterocycles. The van der Waals surface area contributed by atoms with Crippen LogP contribution >= 0.6 is 0 Å². The monoisotopic (exact) mass is 514 g/mol. The molecular weight excluding hydrogens is 484 g/mol. The van der Waals surface area contributed by atoms with E-state index in [0.717, 1.165) is 41.6 Å². The van der Waals surface area contributed by atoms with Crippen molar-refractivity contribution in [1.29, 1.82) is 0 Å². The fraction of sp³-hybridized carbons (Fsp3) is 0.176. The number of rotatable bonds is 7. The molecule has 5 heteroatoms. The van der Waals surface area contributed by atoms with Crippen molar-refractivity contribution in [3.63, 3.8) is 0 Å². The number of piperidine rings is 1. The molecule has 194 valence electrons. The summed E-state index contributed by atoms with van der Waals surface area (Å²) >= 11 is 0. The van der Waals surface area contributed by atoms with Gasteiger partial charge in [-0.15, -0.1) is 0 Å². The Morgan fingerprint density at radius 2 is 1.54 bits per heavy atom. The second kappa shape index (κ2) is 11.4. The molecule has 39 heavy (non-hydrogen) atoms. The van der Waals surface area contributed by atoms with E-state index >= 15 is 0 Å². The maximum atomic E-state index is 13.7. The number of benzene rings is 4. The summed E-state index contributed by atoms with van der Waals surface area (Å²) in [6.45, 7) is 1.14. The minimum atomic E-state index is -0.124. The molecule has 5 nitrogen and oxygen atoms in total. The Morgan fingerprint density at radius 1 is 0.821 bits per heavy atom. The first-order chi connectivity index (χ1) is 19.2. The largest absolute Gasteiger partial charge is 0.489 e. The number of nitrogens with zero attached hydrogens (tertiary/aromatic N) is 2. The fourth-order valence-corrected chi connectivity index (χ4v) is 5.12. The third-order valence-electron chi connectivity index (χ3n) is 7.20. The number of likely N-dealkylation sites (tertiary alicyclic amines) is 1. The standard InChI is InChI=1S/C34H30N2O3/c37-34(29-14-9-15-30(22-29)38-23-25-10-3-1-4-11-25)36-21-8-7-16-32(36)31-24-39-33(35-31)28-19-17-27(18-20-28)26-12-5-2-6-13-26/h1-6,9-15,17-20,22,24,32H,7-8,16,21,23H2. The molecule has 4 aromatic carbocycles. The fourth-order valence-electron chi connectivity index (χ4n) is 5.12. The minimum Gasteiger partial charge on any atom is -0.489 e. The van der Waals surface area contributed by atoms with Gasteiger partial charge in [-0.05, 0) is 66.3 Å². The third kappa shape index (κ3) is 5.63. The van der Waals surface area contributed by atoms with Crippen molar-refractivity contribution in [1.82, 2.24) is 9.88 Å². The van der Waals surface area contributed by atoms with Gasteiger partial charge in [0.2, 0.25) is 5.89 Å². The lowest BCUT2D eigenvalue weighted by Crippen LogP contribution is -2.38. The van der Waals surface area contributed by atoms with E-state index in [-0.39, 0.29) is 11.9 Å². The molecule has 2 heterocycles. The number of oxazole rings is 1. The van der Waals surface area contributed by atoms with Crippen molar-refractivity contribution < 1.29 is 13.9 Å². The highest BCUT2D eigenvalue weighted by Gasteiger charge is 2.31. The maximum absolute atomic E-state index is 13.7. The zero-order chi connectivity index (χ0) is 26.4. The molecule has 1 saturated heterocycles. The van der Waals surface area contributed by atoms with E-state index < -0.39 is 0 Å². The second-order valence-corrected chi connectivity index (χ2v) is 9.83. The second-order valence-electron chi connectivity index (χ2n) is 9.83. The zero-order valence-electron chi connectivity index (χ0n) is 21.7. The van der Waals surface area contributed by atoms with E-state index in [9.17, 15) is 4.79 Å². The van der Waals surface area contributed by atoms with Gasteiger partial charge in [-0.25, -0.2) is 4.98 Å². The summed E-state index contributed by atoms with van der Waals surface area (Å²) < 4.78 is 11.9.